The number of para-hydroxylation sites is 1. The molecule has 162 valence electrons. The van der Waals surface area contributed by atoms with Crippen LogP contribution in [0.25, 0.3) is 0 Å². The average molecular weight is 442 g/mol. The second-order valence-corrected chi connectivity index (χ2v) is 8.26. The number of hydrogen-bond acceptors (Lipinski definition) is 6. The van der Waals surface area contributed by atoms with Gasteiger partial charge in [-0.15, -0.1) is 0 Å². The number of anilines is 1. The van der Waals surface area contributed by atoms with Crippen molar-refractivity contribution in [2.45, 2.75) is 11.8 Å². The Hall–Kier alpha value is -3.52. The SMILES string of the molecule is CCOc1ccc(S(=O)(=O)N(CC(=O)OC)c2ccc(Oc3ccccc3)cc2)cc1. The van der Waals surface area contributed by atoms with Crippen molar-refractivity contribution < 1.29 is 27.4 Å². The Labute approximate surface area is 181 Å². The van der Waals surface area contributed by atoms with E-state index >= 15 is 0 Å². The number of rotatable bonds is 9. The highest BCUT2D eigenvalue weighted by Gasteiger charge is 2.27. The molecule has 0 aliphatic rings. The van der Waals surface area contributed by atoms with Crippen molar-refractivity contribution in [1.29, 1.82) is 0 Å². The summed E-state index contributed by atoms with van der Waals surface area (Å²) >= 11 is 0. The van der Waals surface area contributed by atoms with E-state index in [1.54, 1.807) is 36.4 Å². The number of carbonyl (C=O) groups is 1. The van der Waals surface area contributed by atoms with Crippen LogP contribution in [-0.4, -0.2) is 34.6 Å². The molecule has 3 aromatic carbocycles. The molecule has 0 aromatic heterocycles. The lowest BCUT2D eigenvalue weighted by Crippen LogP contribution is -2.36. The van der Waals surface area contributed by atoms with Crippen molar-refractivity contribution in [1.82, 2.24) is 0 Å². The first-order valence-electron chi connectivity index (χ1n) is 9.59. The second kappa shape index (κ2) is 9.99. The number of nitrogens with zero attached hydrogens (tertiary/aromatic N) is 1. The topological polar surface area (TPSA) is 82.1 Å². The zero-order valence-corrected chi connectivity index (χ0v) is 18.0. The fourth-order valence-corrected chi connectivity index (χ4v) is 4.21. The molecule has 31 heavy (non-hydrogen) atoms. The van der Waals surface area contributed by atoms with Gasteiger partial charge in [0.05, 0.1) is 24.3 Å². The minimum Gasteiger partial charge on any atom is -0.494 e. The fourth-order valence-electron chi connectivity index (χ4n) is 2.80. The van der Waals surface area contributed by atoms with E-state index in [-0.39, 0.29) is 4.90 Å². The Balaban J connectivity index is 1.90. The van der Waals surface area contributed by atoms with Crippen molar-refractivity contribution in [2.24, 2.45) is 0 Å². The predicted molar refractivity (Wildman–Crippen MR) is 117 cm³/mol. The largest absolute Gasteiger partial charge is 0.494 e. The fraction of sp³-hybridized carbons (Fsp3) is 0.174. The molecule has 0 heterocycles. The molecule has 0 spiro atoms. The monoisotopic (exact) mass is 441 g/mol. The summed E-state index contributed by atoms with van der Waals surface area (Å²) in [4.78, 5) is 12.0. The summed E-state index contributed by atoms with van der Waals surface area (Å²) in [5, 5.41) is 0. The summed E-state index contributed by atoms with van der Waals surface area (Å²) in [5.41, 5.74) is 0.305. The molecule has 0 unspecified atom stereocenters. The average Bonchev–Trinajstić information content (AvgIpc) is 2.79. The number of ether oxygens (including phenoxy) is 3. The molecule has 8 heteroatoms. The summed E-state index contributed by atoms with van der Waals surface area (Å²) in [6.07, 6.45) is 0. The molecule has 7 nitrogen and oxygen atoms in total. The number of carbonyl (C=O) groups excluding carboxylic acids is 1. The van der Waals surface area contributed by atoms with Gasteiger partial charge in [-0.05, 0) is 67.6 Å². The van der Waals surface area contributed by atoms with Gasteiger partial charge in [-0.2, -0.15) is 0 Å². The highest BCUT2D eigenvalue weighted by molar-refractivity contribution is 7.92. The quantitative estimate of drug-likeness (QED) is 0.462. The number of hydrogen-bond donors (Lipinski definition) is 0. The van der Waals surface area contributed by atoms with Gasteiger partial charge in [0.2, 0.25) is 0 Å². The van der Waals surface area contributed by atoms with Crippen LogP contribution in [0.5, 0.6) is 17.2 Å². The number of esters is 1. The lowest BCUT2D eigenvalue weighted by atomic mass is 10.3. The molecule has 0 N–H and O–H groups in total. The third kappa shape index (κ3) is 5.55. The van der Waals surface area contributed by atoms with Gasteiger partial charge in [-0.1, -0.05) is 18.2 Å². The van der Waals surface area contributed by atoms with E-state index in [0.29, 0.717) is 29.5 Å². The Morgan fingerprint density at radius 2 is 1.42 bits per heavy atom. The Morgan fingerprint density at radius 3 is 2.00 bits per heavy atom. The Bertz CT molecular complexity index is 1100. The van der Waals surface area contributed by atoms with Gasteiger partial charge in [0, 0.05) is 0 Å². The van der Waals surface area contributed by atoms with Gasteiger partial charge in [0.25, 0.3) is 10.0 Å². The van der Waals surface area contributed by atoms with Crippen LogP contribution >= 0.6 is 0 Å². The first-order chi connectivity index (χ1) is 14.9. The third-order valence-electron chi connectivity index (χ3n) is 4.33. The molecule has 0 saturated heterocycles. The number of methoxy groups -OCH3 is 1. The number of benzene rings is 3. The lowest BCUT2D eigenvalue weighted by Gasteiger charge is -2.23. The zero-order valence-electron chi connectivity index (χ0n) is 17.2. The maximum atomic E-state index is 13.3. The lowest BCUT2D eigenvalue weighted by molar-refractivity contribution is -0.138. The van der Waals surface area contributed by atoms with Gasteiger partial charge >= 0.3 is 5.97 Å². The Kier molecular flexibility index (Phi) is 7.15. The molecule has 3 aromatic rings. The first kappa shape index (κ1) is 22.2. The van der Waals surface area contributed by atoms with Gasteiger partial charge in [0.15, 0.2) is 0 Å². The van der Waals surface area contributed by atoms with Crippen LogP contribution in [0.15, 0.2) is 83.8 Å². The van der Waals surface area contributed by atoms with Crippen LogP contribution in [0, 0.1) is 0 Å². The van der Waals surface area contributed by atoms with Crippen molar-refractivity contribution in [3.05, 3.63) is 78.9 Å². The molecular formula is C23H23NO6S. The minimum atomic E-state index is -4.03. The van der Waals surface area contributed by atoms with Crippen molar-refractivity contribution in [3.8, 4) is 17.2 Å². The van der Waals surface area contributed by atoms with Crippen LogP contribution in [0.3, 0.4) is 0 Å². The summed E-state index contributed by atoms with van der Waals surface area (Å²) in [7, 11) is -2.82. The summed E-state index contributed by atoms with van der Waals surface area (Å²) in [6, 6.07) is 21.7. The van der Waals surface area contributed by atoms with E-state index < -0.39 is 22.5 Å². The predicted octanol–water partition coefficient (Wildman–Crippen LogP) is 4.25. The van der Waals surface area contributed by atoms with Crippen molar-refractivity contribution in [3.63, 3.8) is 0 Å². The molecule has 0 radical (unpaired) electrons. The molecule has 0 bridgehead atoms. The molecule has 0 saturated carbocycles. The minimum absolute atomic E-state index is 0.0319. The molecule has 0 aliphatic carbocycles. The van der Waals surface area contributed by atoms with E-state index in [1.165, 1.54) is 19.2 Å². The maximum absolute atomic E-state index is 13.3. The highest BCUT2D eigenvalue weighted by atomic mass is 32.2. The molecule has 3 rings (SSSR count). The van der Waals surface area contributed by atoms with Crippen molar-refractivity contribution in [2.75, 3.05) is 24.6 Å². The second-order valence-electron chi connectivity index (χ2n) is 6.40. The summed E-state index contributed by atoms with van der Waals surface area (Å²) in [6.45, 7) is 1.84. The summed E-state index contributed by atoms with van der Waals surface area (Å²) in [5.74, 6) is 1.07. The smallest absolute Gasteiger partial charge is 0.326 e. The van der Waals surface area contributed by atoms with Gasteiger partial charge in [0.1, 0.15) is 23.8 Å². The van der Waals surface area contributed by atoms with Crippen LogP contribution < -0.4 is 13.8 Å². The molecular weight excluding hydrogens is 418 g/mol. The molecule has 0 aliphatic heterocycles. The van der Waals surface area contributed by atoms with E-state index in [4.69, 9.17) is 14.2 Å². The third-order valence-corrected chi connectivity index (χ3v) is 6.11. The van der Waals surface area contributed by atoms with Gasteiger partial charge in [-0.25, -0.2) is 8.42 Å². The van der Waals surface area contributed by atoms with E-state index in [2.05, 4.69) is 0 Å². The number of sulfonamides is 1. The van der Waals surface area contributed by atoms with Gasteiger partial charge < -0.3 is 14.2 Å². The molecule has 0 atom stereocenters. The molecule has 0 amide bonds. The maximum Gasteiger partial charge on any atom is 0.326 e. The van der Waals surface area contributed by atoms with Crippen molar-refractivity contribution >= 4 is 21.7 Å². The van der Waals surface area contributed by atoms with Crippen LogP contribution in [0.2, 0.25) is 0 Å². The highest BCUT2D eigenvalue weighted by Crippen LogP contribution is 2.28. The van der Waals surface area contributed by atoms with Gasteiger partial charge in [-0.3, -0.25) is 9.10 Å². The van der Waals surface area contributed by atoms with Crippen LogP contribution in [-0.2, 0) is 19.6 Å². The standard InChI is InChI=1S/C23H23NO6S/c1-3-29-19-13-15-22(16-14-19)31(26,27)24(17-23(25)28-2)18-9-11-21(12-10-18)30-20-7-5-4-6-8-20/h4-16H,3,17H2,1-2H3. The normalized spacial score (nSPS) is 10.9. The van der Waals surface area contributed by atoms with Crippen LogP contribution in [0.4, 0.5) is 5.69 Å². The zero-order chi connectivity index (χ0) is 22.3. The molecule has 0 fully saturated rings. The summed E-state index contributed by atoms with van der Waals surface area (Å²) < 4.78 is 43.4. The Morgan fingerprint density at radius 1 is 0.839 bits per heavy atom. The first-order valence-corrected chi connectivity index (χ1v) is 11.0. The van der Waals surface area contributed by atoms with E-state index in [9.17, 15) is 13.2 Å². The van der Waals surface area contributed by atoms with E-state index in [1.807, 2.05) is 37.3 Å². The van der Waals surface area contributed by atoms with E-state index in [0.717, 1.165) is 4.31 Å². The van der Waals surface area contributed by atoms with Crippen LogP contribution in [0.1, 0.15) is 6.92 Å².